The van der Waals surface area contributed by atoms with Gasteiger partial charge in [-0.2, -0.15) is 0 Å². The summed E-state index contributed by atoms with van der Waals surface area (Å²) in [5.74, 6) is 0. The lowest BCUT2D eigenvalue weighted by Crippen LogP contribution is -2.18. The van der Waals surface area contributed by atoms with E-state index in [1.165, 1.54) is 18.9 Å². The first-order chi connectivity index (χ1) is 5.43. The van der Waals surface area contributed by atoms with Gasteiger partial charge >= 0.3 is 0 Å². The van der Waals surface area contributed by atoms with E-state index in [0.717, 1.165) is 6.54 Å². The first-order valence-corrected chi connectivity index (χ1v) is 3.87. The Hall–Kier alpha value is -0.920. The Labute approximate surface area is 66.2 Å². The largest absolute Gasteiger partial charge is 0.311 e. The van der Waals surface area contributed by atoms with Gasteiger partial charge in [-0.15, -0.1) is 0 Å². The van der Waals surface area contributed by atoms with Crippen molar-refractivity contribution in [3.63, 3.8) is 0 Å². The topological polar surface area (TPSA) is 41.5 Å². The molecular weight excluding hydrogens is 140 g/mol. The highest BCUT2D eigenvalue weighted by Gasteiger charge is 2.08. The molecule has 0 amide bonds. The maximum atomic E-state index is 9.66. The Morgan fingerprint density at radius 1 is 1.73 bits per heavy atom. The van der Waals surface area contributed by atoms with E-state index in [0.29, 0.717) is 12.6 Å². The highest BCUT2D eigenvalue weighted by Crippen LogP contribution is 2.05. The molecule has 1 aliphatic rings. The number of isocyanates is 1. The molecule has 3 heteroatoms. The third kappa shape index (κ3) is 3.12. The van der Waals surface area contributed by atoms with Crippen LogP contribution >= 0.6 is 0 Å². The molecule has 0 aromatic carbocycles. The minimum Gasteiger partial charge on any atom is -0.311 e. The monoisotopic (exact) mass is 152 g/mol. The summed E-state index contributed by atoms with van der Waals surface area (Å²) in [6, 6.07) is 0.497. The van der Waals surface area contributed by atoms with Crippen LogP contribution in [-0.2, 0) is 4.79 Å². The molecule has 1 heterocycles. The summed E-state index contributed by atoms with van der Waals surface area (Å²) in [6.07, 6.45) is 7.89. The van der Waals surface area contributed by atoms with Gasteiger partial charge in [-0.1, -0.05) is 12.2 Å². The minimum atomic E-state index is 0.460. The molecule has 0 aromatic rings. The van der Waals surface area contributed by atoms with E-state index < -0.39 is 0 Å². The van der Waals surface area contributed by atoms with Gasteiger partial charge in [-0.25, -0.2) is 9.79 Å². The van der Waals surface area contributed by atoms with Gasteiger partial charge < -0.3 is 5.32 Å². The smallest absolute Gasteiger partial charge is 0.235 e. The van der Waals surface area contributed by atoms with Crippen molar-refractivity contribution in [3.05, 3.63) is 12.2 Å². The quantitative estimate of drug-likeness (QED) is 0.366. The SMILES string of the molecule is O=C=NC/C=C\C1CCCN1. The minimum absolute atomic E-state index is 0.460. The summed E-state index contributed by atoms with van der Waals surface area (Å²) >= 11 is 0. The molecule has 0 bridgehead atoms. The van der Waals surface area contributed by atoms with Crippen LogP contribution in [0.1, 0.15) is 12.8 Å². The predicted octanol–water partition coefficient (Wildman–Crippen LogP) is 0.630. The van der Waals surface area contributed by atoms with E-state index in [9.17, 15) is 4.79 Å². The van der Waals surface area contributed by atoms with E-state index in [2.05, 4.69) is 16.4 Å². The number of rotatable bonds is 3. The molecule has 11 heavy (non-hydrogen) atoms. The average molecular weight is 152 g/mol. The highest BCUT2D eigenvalue weighted by molar-refractivity contribution is 5.33. The number of hydrogen-bond acceptors (Lipinski definition) is 3. The van der Waals surface area contributed by atoms with Crippen LogP contribution in [0, 0.1) is 0 Å². The first kappa shape index (κ1) is 8.18. The zero-order valence-corrected chi connectivity index (χ0v) is 6.42. The van der Waals surface area contributed by atoms with Gasteiger partial charge in [0.2, 0.25) is 6.08 Å². The van der Waals surface area contributed by atoms with E-state index in [1.807, 2.05) is 6.08 Å². The maximum absolute atomic E-state index is 9.66. The van der Waals surface area contributed by atoms with Crippen molar-refractivity contribution in [2.24, 2.45) is 4.99 Å². The Morgan fingerprint density at radius 3 is 3.27 bits per heavy atom. The van der Waals surface area contributed by atoms with Crippen LogP contribution in [0.5, 0.6) is 0 Å². The second-order valence-corrected chi connectivity index (χ2v) is 2.56. The average Bonchev–Trinajstić information content (AvgIpc) is 2.50. The van der Waals surface area contributed by atoms with E-state index in [-0.39, 0.29) is 0 Å². The van der Waals surface area contributed by atoms with Gasteiger partial charge in [-0.05, 0) is 19.4 Å². The van der Waals surface area contributed by atoms with Crippen molar-refractivity contribution in [2.45, 2.75) is 18.9 Å². The van der Waals surface area contributed by atoms with Crippen LogP contribution in [-0.4, -0.2) is 25.2 Å². The van der Waals surface area contributed by atoms with Crippen LogP contribution in [0.15, 0.2) is 17.1 Å². The van der Waals surface area contributed by atoms with Crippen LogP contribution < -0.4 is 5.32 Å². The van der Waals surface area contributed by atoms with Gasteiger partial charge in [-0.3, -0.25) is 0 Å². The molecule has 3 nitrogen and oxygen atoms in total. The fourth-order valence-corrected chi connectivity index (χ4v) is 1.19. The zero-order valence-electron chi connectivity index (χ0n) is 6.42. The number of nitrogens with one attached hydrogen (secondary N) is 1. The van der Waals surface area contributed by atoms with Gasteiger partial charge in [0.1, 0.15) is 0 Å². The summed E-state index contributed by atoms with van der Waals surface area (Å²) in [4.78, 5) is 13.1. The second-order valence-electron chi connectivity index (χ2n) is 2.56. The lowest BCUT2D eigenvalue weighted by Gasteiger charge is -2.00. The molecule has 1 rings (SSSR count). The standard InChI is InChI=1S/C8H12N2O/c11-7-9-5-1-3-8-4-2-6-10-8/h1,3,8,10H,2,4-6H2/b3-1-. The third-order valence-corrected chi connectivity index (χ3v) is 1.73. The zero-order chi connectivity index (χ0) is 7.94. The van der Waals surface area contributed by atoms with E-state index >= 15 is 0 Å². The highest BCUT2D eigenvalue weighted by atomic mass is 16.1. The molecule has 0 radical (unpaired) electrons. The van der Waals surface area contributed by atoms with Crippen molar-refractivity contribution in [2.75, 3.05) is 13.1 Å². The Morgan fingerprint density at radius 2 is 2.64 bits per heavy atom. The molecule has 60 valence electrons. The van der Waals surface area contributed by atoms with Crippen molar-refractivity contribution >= 4 is 6.08 Å². The Bertz CT molecular complexity index is 177. The molecule has 0 aliphatic carbocycles. The molecule has 0 aromatic heterocycles. The maximum Gasteiger partial charge on any atom is 0.235 e. The summed E-state index contributed by atoms with van der Waals surface area (Å²) in [5.41, 5.74) is 0. The number of hydrogen-bond donors (Lipinski definition) is 1. The molecule has 1 aliphatic heterocycles. The second kappa shape index (κ2) is 4.83. The van der Waals surface area contributed by atoms with Crippen LogP contribution in [0.3, 0.4) is 0 Å². The summed E-state index contributed by atoms with van der Waals surface area (Å²) in [5, 5.41) is 3.31. The van der Waals surface area contributed by atoms with E-state index in [4.69, 9.17) is 0 Å². The number of nitrogens with zero attached hydrogens (tertiary/aromatic N) is 1. The van der Waals surface area contributed by atoms with Crippen molar-refractivity contribution in [1.82, 2.24) is 5.32 Å². The van der Waals surface area contributed by atoms with Crippen LogP contribution in [0.4, 0.5) is 0 Å². The molecule has 0 spiro atoms. The van der Waals surface area contributed by atoms with Crippen LogP contribution in [0.2, 0.25) is 0 Å². The fourth-order valence-electron chi connectivity index (χ4n) is 1.19. The molecule has 1 N–H and O–H groups in total. The summed E-state index contributed by atoms with van der Waals surface area (Å²) in [6.45, 7) is 1.56. The Balaban J connectivity index is 2.17. The molecule has 1 fully saturated rings. The van der Waals surface area contributed by atoms with Gasteiger partial charge in [0.15, 0.2) is 0 Å². The molecule has 1 atom stereocenters. The van der Waals surface area contributed by atoms with Gasteiger partial charge in [0.05, 0.1) is 6.54 Å². The Kier molecular flexibility index (Phi) is 3.59. The molecular formula is C8H12N2O. The van der Waals surface area contributed by atoms with Crippen molar-refractivity contribution < 1.29 is 4.79 Å². The predicted molar refractivity (Wildman–Crippen MR) is 43.2 cm³/mol. The van der Waals surface area contributed by atoms with Crippen molar-refractivity contribution in [3.8, 4) is 0 Å². The lowest BCUT2D eigenvalue weighted by molar-refractivity contribution is 0.564. The third-order valence-electron chi connectivity index (χ3n) is 1.73. The number of carbonyl (C=O) groups excluding carboxylic acids is 1. The first-order valence-electron chi connectivity index (χ1n) is 3.87. The van der Waals surface area contributed by atoms with Crippen LogP contribution in [0.25, 0.3) is 0 Å². The summed E-state index contributed by atoms with van der Waals surface area (Å²) < 4.78 is 0. The molecule has 0 saturated carbocycles. The number of aliphatic imine (C=N–C) groups is 1. The van der Waals surface area contributed by atoms with E-state index in [1.54, 1.807) is 0 Å². The van der Waals surface area contributed by atoms with Gasteiger partial charge in [0, 0.05) is 6.04 Å². The summed E-state index contributed by atoms with van der Waals surface area (Å²) in [7, 11) is 0. The normalized spacial score (nSPS) is 23.8. The fraction of sp³-hybridized carbons (Fsp3) is 0.625. The van der Waals surface area contributed by atoms with Gasteiger partial charge in [0.25, 0.3) is 0 Å². The lowest BCUT2D eigenvalue weighted by atomic mass is 10.2. The van der Waals surface area contributed by atoms with Crippen molar-refractivity contribution in [1.29, 1.82) is 0 Å². The molecule has 1 saturated heterocycles. The molecule has 1 unspecified atom stereocenters.